The van der Waals surface area contributed by atoms with Gasteiger partial charge in [-0.25, -0.2) is 4.98 Å². The summed E-state index contributed by atoms with van der Waals surface area (Å²) in [5.41, 5.74) is 5.59. The molecule has 88 valence electrons. The van der Waals surface area contributed by atoms with E-state index in [1.807, 2.05) is 11.8 Å². The predicted octanol–water partition coefficient (Wildman–Crippen LogP) is 2.14. The Hall–Kier alpha value is -0.970. The Morgan fingerprint density at radius 3 is 2.69 bits per heavy atom. The lowest BCUT2D eigenvalue weighted by Gasteiger charge is -2.28. The number of nitrogens with one attached hydrogen (secondary N) is 1. The Morgan fingerprint density at radius 2 is 2.06 bits per heavy atom. The molecule has 5 heteroatoms. The van der Waals surface area contributed by atoms with Crippen molar-refractivity contribution in [2.45, 2.75) is 37.0 Å². The summed E-state index contributed by atoms with van der Waals surface area (Å²) in [6.07, 6.45) is 10.5. The highest BCUT2D eigenvalue weighted by molar-refractivity contribution is 7.99. The van der Waals surface area contributed by atoms with Crippen LogP contribution in [-0.4, -0.2) is 27.5 Å². The van der Waals surface area contributed by atoms with Crippen molar-refractivity contribution in [2.24, 2.45) is 0 Å². The Labute approximate surface area is 100 Å². The topological polar surface area (TPSA) is 63.8 Å². The number of hydrogen-bond acceptors (Lipinski definition) is 5. The van der Waals surface area contributed by atoms with Gasteiger partial charge in [-0.05, 0) is 31.9 Å². The molecule has 0 bridgehead atoms. The molecule has 0 atom stereocenters. The third-order valence-corrected chi connectivity index (χ3v) is 4.15. The molecular weight excluding hydrogens is 220 g/mol. The van der Waals surface area contributed by atoms with Gasteiger partial charge in [0.25, 0.3) is 0 Å². The van der Waals surface area contributed by atoms with Gasteiger partial charge in [0.1, 0.15) is 11.6 Å². The van der Waals surface area contributed by atoms with Gasteiger partial charge in [0.15, 0.2) is 0 Å². The molecule has 0 radical (unpaired) electrons. The number of hydrogen-bond donors (Lipinski definition) is 2. The highest BCUT2D eigenvalue weighted by Gasteiger charge is 2.20. The summed E-state index contributed by atoms with van der Waals surface area (Å²) in [6, 6.07) is 0.527. The minimum absolute atomic E-state index is 0.475. The largest absolute Gasteiger partial charge is 0.382 e. The smallest absolute Gasteiger partial charge is 0.147 e. The molecule has 0 saturated heterocycles. The number of nitrogen functional groups attached to an aromatic ring is 1. The van der Waals surface area contributed by atoms with E-state index in [0.717, 1.165) is 11.1 Å². The molecule has 0 spiro atoms. The fraction of sp³-hybridized carbons (Fsp3) is 0.636. The molecule has 1 aliphatic rings. The van der Waals surface area contributed by atoms with Crippen LogP contribution in [0.4, 0.5) is 11.6 Å². The summed E-state index contributed by atoms with van der Waals surface area (Å²) < 4.78 is 0. The standard InChI is InChI=1S/C11H18N4S/c1-16-9-4-2-8(3-5-9)14-11-7-13-6-10(12)15-11/h6-9H,2-5H2,1H3,(H3,12,14,15). The van der Waals surface area contributed by atoms with Crippen LogP contribution in [0.3, 0.4) is 0 Å². The maximum absolute atomic E-state index is 5.59. The van der Waals surface area contributed by atoms with Crippen LogP contribution in [0, 0.1) is 0 Å². The summed E-state index contributed by atoms with van der Waals surface area (Å²) in [5, 5.41) is 4.24. The summed E-state index contributed by atoms with van der Waals surface area (Å²) >= 11 is 1.98. The normalized spacial score (nSPS) is 25.3. The van der Waals surface area contributed by atoms with E-state index in [9.17, 15) is 0 Å². The maximum atomic E-state index is 5.59. The third kappa shape index (κ3) is 3.01. The lowest BCUT2D eigenvalue weighted by molar-refractivity contribution is 0.472. The second kappa shape index (κ2) is 5.39. The van der Waals surface area contributed by atoms with Crippen molar-refractivity contribution >= 4 is 23.4 Å². The minimum atomic E-state index is 0.475. The monoisotopic (exact) mass is 238 g/mol. The minimum Gasteiger partial charge on any atom is -0.382 e. The fourth-order valence-corrected chi connectivity index (χ4v) is 2.85. The van der Waals surface area contributed by atoms with Gasteiger partial charge in [-0.3, -0.25) is 4.98 Å². The highest BCUT2D eigenvalue weighted by atomic mass is 32.2. The van der Waals surface area contributed by atoms with E-state index in [4.69, 9.17) is 5.73 Å². The highest BCUT2D eigenvalue weighted by Crippen LogP contribution is 2.28. The second-order valence-corrected chi connectivity index (χ2v) is 5.32. The number of aromatic nitrogens is 2. The van der Waals surface area contributed by atoms with Crippen molar-refractivity contribution in [3.8, 4) is 0 Å². The van der Waals surface area contributed by atoms with Crippen molar-refractivity contribution < 1.29 is 0 Å². The first kappa shape index (κ1) is 11.5. The fourth-order valence-electron chi connectivity index (χ4n) is 2.10. The zero-order valence-corrected chi connectivity index (χ0v) is 10.3. The van der Waals surface area contributed by atoms with Crippen LogP contribution >= 0.6 is 11.8 Å². The summed E-state index contributed by atoms with van der Waals surface area (Å²) in [7, 11) is 0. The molecule has 1 aromatic rings. The van der Waals surface area contributed by atoms with E-state index >= 15 is 0 Å². The molecule has 16 heavy (non-hydrogen) atoms. The SMILES string of the molecule is CSC1CCC(Nc2cncc(N)n2)CC1. The quantitative estimate of drug-likeness (QED) is 0.844. The molecule has 0 amide bonds. The summed E-state index contributed by atoms with van der Waals surface area (Å²) in [4.78, 5) is 8.23. The molecule has 1 fully saturated rings. The lowest BCUT2D eigenvalue weighted by Crippen LogP contribution is -2.27. The van der Waals surface area contributed by atoms with E-state index in [-0.39, 0.29) is 0 Å². The molecule has 3 N–H and O–H groups in total. The van der Waals surface area contributed by atoms with Gasteiger partial charge in [-0.15, -0.1) is 0 Å². The van der Waals surface area contributed by atoms with Crippen LogP contribution in [-0.2, 0) is 0 Å². The number of nitrogens with two attached hydrogens (primary N) is 1. The Kier molecular flexibility index (Phi) is 3.88. The molecular formula is C11H18N4S. The Morgan fingerprint density at radius 1 is 1.31 bits per heavy atom. The molecule has 1 heterocycles. The number of thioether (sulfide) groups is 1. The van der Waals surface area contributed by atoms with Crippen LogP contribution in [0.5, 0.6) is 0 Å². The average molecular weight is 238 g/mol. The second-order valence-electron chi connectivity index (χ2n) is 4.18. The van der Waals surface area contributed by atoms with Crippen LogP contribution < -0.4 is 11.1 Å². The van der Waals surface area contributed by atoms with Crippen LogP contribution in [0.15, 0.2) is 12.4 Å². The van der Waals surface area contributed by atoms with Crippen molar-refractivity contribution in [2.75, 3.05) is 17.3 Å². The number of rotatable bonds is 3. The van der Waals surface area contributed by atoms with Gasteiger partial charge in [-0.1, -0.05) is 0 Å². The van der Waals surface area contributed by atoms with Crippen molar-refractivity contribution in [3.05, 3.63) is 12.4 Å². The van der Waals surface area contributed by atoms with Gasteiger partial charge < -0.3 is 11.1 Å². The van der Waals surface area contributed by atoms with E-state index in [2.05, 4.69) is 21.5 Å². The van der Waals surface area contributed by atoms with Gasteiger partial charge in [0.05, 0.1) is 12.4 Å². The molecule has 1 aromatic heterocycles. The molecule has 4 nitrogen and oxygen atoms in total. The van der Waals surface area contributed by atoms with Gasteiger partial charge in [0.2, 0.25) is 0 Å². The zero-order chi connectivity index (χ0) is 11.4. The first-order chi connectivity index (χ1) is 7.78. The zero-order valence-electron chi connectivity index (χ0n) is 9.52. The van der Waals surface area contributed by atoms with E-state index in [1.165, 1.54) is 25.7 Å². The summed E-state index contributed by atoms with van der Waals surface area (Å²) in [5.74, 6) is 1.27. The van der Waals surface area contributed by atoms with Crippen molar-refractivity contribution in [1.29, 1.82) is 0 Å². The molecule has 0 unspecified atom stereocenters. The third-order valence-electron chi connectivity index (χ3n) is 3.01. The average Bonchev–Trinajstić information content (AvgIpc) is 2.30. The van der Waals surface area contributed by atoms with Crippen LogP contribution in [0.2, 0.25) is 0 Å². The van der Waals surface area contributed by atoms with Crippen molar-refractivity contribution in [3.63, 3.8) is 0 Å². The molecule has 0 aliphatic heterocycles. The number of nitrogens with zero attached hydrogens (tertiary/aromatic N) is 2. The van der Waals surface area contributed by atoms with Gasteiger partial charge in [-0.2, -0.15) is 11.8 Å². The van der Waals surface area contributed by atoms with E-state index in [0.29, 0.717) is 11.9 Å². The lowest BCUT2D eigenvalue weighted by atomic mass is 9.95. The van der Waals surface area contributed by atoms with Crippen LogP contribution in [0.25, 0.3) is 0 Å². The van der Waals surface area contributed by atoms with Crippen LogP contribution in [0.1, 0.15) is 25.7 Å². The molecule has 1 aliphatic carbocycles. The first-order valence-electron chi connectivity index (χ1n) is 5.65. The number of anilines is 2. The first-order valence-corrected chi connectivity index (χ1v) is 6.93. The molecule has 0 aromatic carbocycles. The maximum Gasteiger partial charge on any atom is 0.147 e. The summed E-state index contributed by atoms with van der Waals surface area (Å²) in [6.45, 7) is 0. The van der Waals surface area contributed by atoms with E-state index in [1.54, 1.807) is 12.4 Å². The predicted molar refractivity (Wildman–Crippen MR) is 69.6 cm³/mol. The van der Waals surface area contributed by atoms with E-state index < -0.39 is 0 Å². The Balaban J connectivity index is 1.87. The molecule has 1 saturated carbocycles. The van der Waals surface area contributed by atoms with Gasteiger partial charge >= 0.3 is 0 Å². The van der Waals surface area contributed by atoms with Gasteiger partial charge in [0, 0.05) is 11.3 Å². The van der Waals surface area contributed by atoms with Crippen molar-refractivity contribution in [1.82, 2.24) is 9.97 Å². The molecule has 2 rings (SSSR count). The Bertz CT molecular complexity index is 337.